The summed E-state index contributed by atoms with van der Waals surface area (Å²) in [7, 11) is 0. The van der Waals surface area contributed by atoms with Gasteiger partial charge in [-0.15, -0.1) is 10.2 Å². The van der Waals surface area contributed by atoms with Crippen molar-refractivity contribution in [3.63, 3.8) is 0 Å². The summed E-state index contributed by atoms with van der Waals surface area (Å²) in [6.45, 7) is 3.94. The monoisotopic (exact) mass is 304 g/mol. The predicted molar refractivity (Wildman–Crippen MR) is 81.0 cm³/mol. The van der Waals surface area contributed by atoms with E-state index in [0.717, 1.165) is 26.2 Å². The lowest BCUT2D eigenvalue weighted by Crippen LogP contribution is -2.50. The van der Waals surface area contributed by atoms with Crippen molar-refractivity contribution in [2.75, 3.05) is 13.2 Å². The zero-order valence-corrected chi connectivity index (χ0v) is 12.8. The predicted octanol–water partition coefficient (Wildman–Crippen LogP) is 2.02. The molecule has 0 bridgehead atoms. The minimum Gasteiger partial charge on any atom is -0.375 e. The molecule has 112 valence electrons. The molecule has 21 heavy (non-hydrogen) atoms. The zero-order valence-electron chi connectivity index (χ0n) is 12.0. The van der Waals surface area contributed by atoms with Crippen molar-refractivity contribution in [3.8, 4) is 0 Å². The fourth-order valence-corrected chi connectivity index (χ4v) is 4.39. The molecule has 0 N–H and O–H groups in total. The summed E-state index contributed by atoms with van der Waals surface area (Å²) in [6, 6.07) is 2.80. The molecule has 0 spiro atoms. The number of nitrogens with zero attached hydrogens (tertiary/aromatic N) is 4. The van der Waals surface area contributed by atoms with Gasteiger partial charge in [0.25, 0.3) is 0 Å². The first kappa shape index (κ1) is 13.4. The third-order valence-corrected chi connectivity index (χ3v) is 5.44. The molecule has 1 saturated heterocycles. The topological polar surface area (TPSA) is 43.2 Å². The highest BCUT2D eigenvalue weighted by molar-refractivity contribution is 7.07. The van der Waals surface area contributed by atoms with Crippen molar-refractivity contribution < 1.29 is 4.74 Å². The van der Waals surface area contributed by atoms with Crippen LogP contribution >= 0.6 is 11.3 Å². The standard InChI is InChI=1S/C15H20N4OS/c1-2-14-15(13(1)8-18-10-16-17-11-18)20-5-4-19(14)7-12-3-6-21-9-12/h3,6,9-11,13-15H,1-2,4-5,7-8H2/t13-,14-,15+/m0/s1. The van der Waals surface area contributed by atoms with E-state index in [-0.39, 0.29) is 0 Å². The number of ether oxygens (including phenoxy) is 1. The number of fused-ring (bicyclic) bond motifs is 1. The van der Waals surface area contributed by atoms with Crippen LogP contribution in [0.4, 0.5) is 0 Å². The van der Waals surface area contributed by atoms with Crippen molar-refractivity contribution >= 4 is 11.3 Å². The van der Waals surface area contributed by atoms with Crippen LogP contribution in [0.3, 0.4) is 0 Å². The molecule has 0 aromatic carbocycles. The van der Waals surface area contributed by atoms with Crippen LogP contribution in [0.5, 0.6) is 0 Å². The van der Waals surface area contributed by atoms with E-state index in [1.54, 1.807) is 24.0 Å². The Morgan fingerprint density at radius 3 is 3.00 bits per heavy atom. The number of hydrogen-bond acceptors (Lipinski definition) is 5. The Bertz CT molecular complexity index is 556. The number of aromatic nitrogens is 3. The van der Waals surface area contributed by atoms with Gasteiger partial charge in [0.2, 0.25) is 0 Å². The molecule has 3 heterocycles. The normalized spacial score (nSPS) is 29.6. The Hall–Kier alpha value is -1.24. The van der Waals surface area contributed by atoms with Gasteiger partial charge < -0.3 is 9.30 Å². The largest absolute Gasteiger partial charge is 0.375 e. The van der Waals surface area contributed by atoms with Gasteiger partial charge in [-0.3, -0.25) is 4.90 Å². The molecule has 3 atom stereocenters. The molecule has 1 saturated carbocycles. The second kappa shape index (κ2) is 5.87. The van der Waals surface area contributed by atoms with Crippen LogP contribution in [0.15, 0.2) is 29.5 Å². The van der Waals surface area contributed by atoms with Crippen LogP contribution in [-0.4, -0.2) is 45.0 Å². The SMILES string of the molecule is c1cc(CN2CCO[C@@H]3[C@H](Cn4cnnc4)CC[C@@H]32)cs1. The molecular weight excluding hydrogens is 284 g/mol. The van der Waals surface area contributed by atoms with Gasteiger partial charge in [0.1, 0.15) is 12.7 Å². The van der Waals surface area contributed by atoms with Gasteiger partial charge in [-0.1, -0.05) is 0 Å². The van der Waals surface area contributed by atoms with Gasteiger partial charge >= 0.3 is 0 Å². The Morgan fingerprint density at radius 2 is 2.19 bits per heavy atom. The van der Waals surface area contributed by atoms with Crippen molar-refractivity contribution in [2.24, 2.45) is 5.92 Å². The molecule has 5 nitrogen and oxygen atoms in total. The maximum Gasteiger partial charge on any atom is 0.119 e. The van der Waals surface area contributed by atoms with Crippen LogP contribution in [0.25, 0.3) is 0 Å². The Morgan fingerprint density at radius 1 is 1.29 bits per heavy atom. The Labute approximate surface area is 128 Å². The Balaban J connectivity index is 1.44. The highest BCUT2D eigenvalue weighted by Gasteiger charge is 2.42. The van der Waals surface area contributed by atoms with Crippen LogP contribution in [-0.2, 0) is 17.8 Å². The minimum atomic E-state index is 0.361. The first-order valence-electron chi connectivity index (χ1n) is 7.59. The van der Waals surface area contributed by atoms with Crippen LogP contribution in [0, 0.1) is 5.92 Å². The van der Waals surface area contributed by atoms with E-state index >= 15 is 0 Å². The Kier molecular flexibility index (Phi) is 3.75. The van der Waals surface area contributed by atoms with Crippen LogP contribution in [0.1, 0.15) is 18.4 Å². The summed E-state index contributed by atoms with van der Waals surface area (Å²) in [5, 5.41) is 12.2. The summed E-state index contributed by atoms with van der Waals surface area (Å²) >= 11 is 1.78. The lowest BCUT2D eigenvalue weighted by molar-refractivity contribution is -0.0785. The molecular formula is C15H20N4OS. The van der Waals surface area contributed by atoms with E-state index in [2.05, 4.69) is 36.5 Å². The molecule has 2 aliphatic rings. The third-order valence-electron chi connectivity index (χ3n) is 4.71. The van der Waals surface area contributed by atoms with Crippen molar-refractivity contribution in [2.45, 2.75) is 38.1 Å². The highest BCUT2D eigenvalue weighted by atomic mass is 32.1. The fraction of sp³-hybridized carbons (Fsp3) is 0.600. The molecule has 2 fully saturated rings. The van der Waals surface area contributed by atoms with E-state index < -0.39 is 0 Å². The summed E-state index contributed by atoms with van der Waals surface area (Å²) in [5.41, 5.74) is 1.43. The molecule has 2 aromatic rings. The van der Waals surface area contributed by atoms with Gasteiger partial charge in [-0.2, -0.15) is 11.3 Å². The molecule has 6 heteroatoms. The van der Waals surface area contributed by atoms with Gasteiger partial charge in [-0.25, -0.2) is 0 Å². The molecule has 0 radical (unpaired) electrons. The van der Waals surface area contributed by atoms with E-state index in [4.69, 9.17) is 4.74 Å². The molecule has 1 aliphatic carbocycles. The number of thiophene rings is 1. The van der Waals surface area contributed by atoms with Gasteiger partial charge in [-0.05, 0) is 35.2 Å². The van der Waals surface area contributed by atoms with E-state index in [1.165, 1.54) is 18.4 Å². The number of morpholine rings is 1. The highest BCUT2D eigenvalue weighted by Crippen LogP contribution is 2.36. The van der Waals surface area contributed by atoms with Crippen LogP contribution < -0.4 is 0 Å². The van der Waals surface area contributed by atoms with E-state index in [0.29, 0.717) is 18.1 Å². The number of rotatable bonds is 4. The first-order valence-corrected chi connectivity index (χ1v) is 8.53. The lowest BCUT2D eigenvalue weighted by atomic mass is 10.0. The third kappa shape index (κ3) is 2.75. The average molecular weight is 304 g/mol. The summed E-state index contributed by atoms with van der Waals surface area (Å²) in [4.78, 5) is 2.61. The second-order valence-electron chi connectivity index (χ2n) is 6.00. The molecule has 0 amide bonds. The maximum absolute atomic E-state index is 6.12. The first-order chi connectivity index (χ1) is 10.4. The molecule has 2 aromatic heterocycles. The minimum absolute atomic E-state index is 0.361. The quantitative estimate of drug-likeness (QED) is 0.867. The summed E-state index contributed by atoms with van der Waals surface area (Å²) in [6.07, 6.45) is 6.44. The van der Waals surface area contributed by atoms with Crippen LogP contribution in [0.2, 0.25) is 0 Å². The molecule has 4 rings (SSSR count). The number of hydrogen-bond donors (Lipinski definition) is 0. The summed E-state index contributed by atoms with van der Waals surface area (Å²) in [5.74, 6) is 0.580. The van der Waals surface area contributed by atoms with Gasteiger partial charge in [0, 0.05) is 31.6 Å². The van der Waals surface area contributed by atoms with Gasteiger partial charge in [0.05, 0.1) is 12.7 Å². The molecule has 0 unspecified atom stereocenters. The van der Waals surface area contributed by atoms with E-state index in [9.17, 15) is 0 Å². The average Bonchev–Trinajstić information content (AvgIpc) is 3.22. The van der Waals surface area contributed by atoms with E-state index in [1.807, 2.05) is 0 Å². The zero-order chi connectivity index (χ0) is 14.1. The lowest BCUT2D eigenvalue weighted by Gasteiger charge is -2.39. The summed E-state index contributed by atoms with van der Waals surface area (Å²) < 4.78 is 8.20. The fourth-order valence-electron chi connectivity index (χ4n) is 3.73. The van der Waals surface area contributed by atoms with Crippen molar-refractivity contribution in [3.05, 3.63) is 35.0 Å². The van der Waals surface area contributed by atoms with Crippen molar-refractivity contribution in [1.29, 1.82) is 0 Å². The van der Waals surface area contributed by atoms with Crippen molar-refractivity contribution in [1.82, 2.24) is 19.7 Å². The van der Waals surface area contributed by atoms with Gasteiger partial charge in [0.15, 0.2) is 0 Å². The molecule has 1 aliphatic heterocycles. The second-order valence-corrected chi connectivity index (χ2v) is 6.78. The maximum atomic E-state index is 6.12. The smallest absolute Gasteiger partial charge is 0.119 e.